The zero-order valence-corrected chi connectivity index (χ0v) is 10.0. The highest BCUT2D eigenvalue weighted by atomic mass is 16.3. The number of hydrogen-bond acceptors (Lipinski definition) is 2. The average molecular weight is 211 g/mol. The second-order valence-corrected chi connectivity index (χ2v) is 5.68. The largest absolute Gasteiger partial charge is 0.396 e. The van der Waals surface area contributed by atoms with E-state index in [0.717, 1.165) is 12.6 Å². The van der Waals surface area contributed by atoms with Crippen LogP contribution in [0.4, 0.5) is 0 Å². The lowest BCUT2D eigenvalue weighted by molar-refractivity contribution is 0.0473. The Bertz CT molecular complexity index is 199. The van der Waals surface area contributed by atoms with Gasteiger partial charge in [0, 0.05) is 24.6 Å². The lowest BCUT2D eigenvalue weighted by Crippen LogP contribution is -2.45. The van der Waals surface area contributed by atoms with E-state index >= 15 is 0 Å². The van der Waals surface area contributed by atoms with Crippen molar-refractivity contribution in [3.63, 3.8) is 0 Å². The fourth-order valence-corrected chi connectivity index (χ4v) is 3.31. The standard InChI is InChI=1S/C13H25NO/c1-12-6-2-5-9-14(12)10-13(11-15)7-3-4-8-13/h12,15H,2-11H2,1H3. The number of hydrogen-bond donors (Lipinski definition) is 1. The van der Waals surface area contributed by atoms with Gasteiger partial charge in [-0.1, -0.05) is 19.3 Å². The van der Waals surface area contributed by atoms with Crippen LogP contribution in [0.2, 0.25) is 0 Å². The Balaban J connectivity index is 1.93. The maximum Gasteiger partial charge on any atom is 0.0499 e. The molecular weight excluding hydrogens is 186 g/mol. The van der Waals surface area contributed by atoms with Gasteiger partial charge < -0.3 is 10.0 Å². The van der Waals surface area contributed by atoms with Crippen LogP contribution in [-0.2, 0) is 0 Å². The smallest absolute Gasteiger partial charge is 0.0499 e. The monoisotopic (exact) mass is 211 g/mol. The molecule has 0 aromatic heterocycles. The molecule has 0 aromatic carbocycles. The number of rotatable bonds is 3. The van der Waals surface area contributed by atoms with Gasteiger partial charge in [-0.25, -0.2) is 0 Å². The van der Waals surface area contributed by atoms with Crippen LogP contribution in [-0.4, -0.2) is 35.7 Å². The van der Waals surface area contributed by atoms with Crippen LogP contribution in [0.5, 0.6) is 0 Å². The van der Waals surface area contributed by atoms with Gasteiger partial charge in [0.15, 0.2) is 0 Å². The molecule has 15 heavy (non-hydrogen) atoms. The minimum Gasteiger partial charge on any atom is -0.396 e. The minimum atomic E-state index is 0.256. The SMILES string of the molecule is CC1CCCCN1CC1(CO)CCCC1. The molecule has 0 aromatic rings. The molecule has 0 amide bonds. The lowest BCUT2D eigenvalue weighted by Gasteiger charge is -2.40. The van der Waals surface area contributed by atoms with Gasteiger partial charge in [-0.05, 0) is 39.2 Å². The van der Waals surface area contributed by atoms with Gasteiger partial charge in [-0.3, -0.25) is 0 Å². The van der Waals surface area contributed by atoms with Gasteiger partial charge in [0.05, 0.1) is 0 Å². The molecule has 88 valence electrons. The first kappa shape index (κ1) is 11.4. The molecule has 1 saturated heterocycles. The van der Waals surface area contributed by atoms with Crippen molar-refractivity contribution < 1.29 is 5.11 Å². The summed E-state index contributed by atoms with van der Waals surface area (Å²) in [5.74, 6) is 0. The predicted molar refractivity (Wildman–Crippen MR) is 62.9 cm³/mol. The first-order valence-corrected chi connectivity index (χ1v) is 6.61. The lowest BCUT2D eigenvalue weighted by atomic mass is 9.85. The molecule has 0 radical (unpaired) electrons. The molecule has 2 fully saturated rings. The van der Waals surface area contributed by atoms with Crippen molar-refractivity contribution >= 4 is 0 Å². The molecule has 2 rings (SSSR count). The Morgan fingerprint density at radius 3 is 2.53 bits per heavy atom. The van der Waals surface area contributed by atoms with Gasteiger partial charge in [0.2, 0.25) is 0 Å². The summed E-state index contributed by atoms with van der Waals surface area (Å²) < 4.78 is 0. The number of nitrogens with zero attached hydrogens (tertiary/aromatic N) is 1. The van der Waals surface area contributed by atoms with Crippen LogP contribution in [0.15, 0.2) is 0 Å². The molecule has 1 atom stereocenters. The maximum atomic E-state index is 9.61. The number of likely N-dealkylation sites (tertiary alicyclic amines) is 1. The number of piperidine rings is 1. The van der Waals surface area contributed by atoms with Crippen molar-refractivity contribution in [2.45, 2.75) is 57.9 Å². The molecule has 2 aliphatic rings. The van der Waals surface area contributed by atoms with Gasteiger partial charge >= 0.3 is 0 Å². The van der Waals surface area contributed by atoms with Crippen molar-refractivity contribution in [1.82, 2.24) is 4.90 Å². The summed E-state index contributed by atoms with van der Waals surface area (Å²) in [6, 6.07) is 0.739. The Kier molecular flexibility index (Phi) is 3.68. The van der Waals surface area contributed by atoms with Crippen LogP contribution < -0.4 is 0 Å². The van der Waals surface area contributed by atoms with Crippen molar-refractivity contribution in [3.8, 4) is 0 Å². The Labute approximate surface area is 93.7 Å². The van der Waals surface area contributed by atoms with E-state index in [1.807, 2.05) is 0 Å². The van der Waals surface area contributed by atoms with Crippen LogP contribution in [0.1, 0.15) is 51.9 Å². The van der Waals surface area contributed by atoms with Gasteiger partial charge in [0.25, 0.3) is 0 Å². The molecule has 1 N–H and O–H groups in total. The molecule has 1 saturated carbocycles. The maximum absolute atomic E-state index is 9.61. The first-order chi connectivity index (χ1) is 7.26. The first-order valence-electron chi connectivity index (χ1n) is 6.61. The summed E-state index contributed by atoms with van der Waals surface area (Å²) >= 11 is 0. The quantitative estimate of drug-likeness (QED) is 0.775. The summed E-state index contributed by atoms with van der Waals surface area (Å²) in [5, 5.41) is 9.61. The van der Waals surface area contributed by atoms with E-state index in [-0.39, 0.29) is 5.41 Å². The normalized spacial score (nSPS) is 32.0. The van der Waals surface area contributed by atoms with E-state index < -0.39 is 0 Å². The summed E-state index contributed by atoms with van der Waals surface area (Å²) in [4.78, 5) is 2.62. The van der Waals surface area contributed by atoms with Crippen LogP contribution in [0, 0.1) is 5.41 Å². The Morgan fingerprint density at radius 1 is 1.20 bits per heavy atom. The van der Waals surface area contributed by atoms with Crippen molar-refractivity contribution in [2.24, 2.45) is 5.41 Å². The third kappa shape index (κ3) is 2.54. The highest BCUT2D eigenvalue weighted by Crippen LogP contribution is 2.39. The predicted octanol–water partition coefficient (Wildman–Crippen LogP) is 2.41. The second kappa shape index (κ2) is 4.84. The van der Waals surface area contributed by atoms with Gasteiger partial charge in [-0.15, -0.1) is 0 Å². The van der Waals surface area contributed by atoms with Crippen LogP contribution in [0.3, 0.4) is 0 Å². The van der Waals surface area contributed by atoms with Gasteiger partial charge in [-0.2, -0.15) is 0 Å². The molecule has 2 heteroatoms. The van der Waals surface area contributed by atoms with E-state index in [1.54, 1.807) is 0 Å². The summed E-state index contributed by atoms with van der Waals surface area (Å²) in [6.45, 7) is 5.14. The van der Waals surface area contributed by atoms with Crippen molar-refractivity contribution in [2.75, 3.05) is 19.7 Å². The zero-order valence-electron chi connectivity index (χ0n) is 10.0. The second-order valence-electron chi connectivity index (χ2n) is 5.68. The van der Waals surface area contributed by atoms with E-state index in [4.69, 9.17) is 0 Å². The van der Waals surface area contributed by atoms with E-state index in [0.29, 0.717) is 6.61 Å². The molecular formula is C13H25NO. The fourth-order valence-electron chi connectivity index (χ4n) is 3.31. The molecule has 2 nitrogen and oxygen atoms in total. The van der Waals surface area contributed by atoms with Crippen molar-refractivity contribution in [1.29, 1.82) is 0 Å². The Morgan fingerprint density at radius 2 is 1.93 bits per heavy atom. The molecule has 1 heterocycles. The molecule has 1 unspecified atom stereocenters. The molecule has 0 bridgehead atoms. The highest BCUT2D eigenvalue weighted by Gasteiger charge is 2.36. The topological polar surface area (TPSA) is 23.5 Å². The van der Waals surface area contributed by atoms with Crippen molar-refractivity contribution in [3.05, 3.63) is 0 Å². The molecule has 1 aliphatic carbocycles. The van der Waals surface area contributed by atoms with E-state index in [2.05, 4.69) is 11.8 Å². The van der Waals surface area contributed by atoms with Crippen LogP contribution in [0.25, 0.3) is 0 Å². The third-order valence-corrected chi connectivity index (χ3v) is 4.48. The minimum absolute atomic E-state index is 0.256. The summed E-state index contributed by atoms with van der Waals surface area (Å²) in [6.07, 6.45) is 9.22. The van der Waals surface area contributed by atoms with E-state index in [1.165, 1.54) is 51.5 Å². The third-order valence-electron chi connectivity index (χ3n) is 4.48. The number of aliphatic hydroxyl groups is 1. The van der Waals surface area contributed by atoms with E-state index in [9.17, 15) is 5.11 Å². The fraction of sp³-hybridized carbons (Fsp3) is 1.00. The molecule has 1 aliphatic heterocycles. The van der Waals surface area contributed by atoms with Crippen LogP contribution >= 0.6 is 0 Å². The zero-order chi connectivity index (χ0) is 10.7. The Hall–Kier alpha value is -0.0800. The van der Waals surface area contributed by atoms with Gasteiger partial charge in [0.1, 0.15) is 0 Å². The number of aliphatic hydroxyl groups excluding tert-OH is 1. The molecule has 0 spiro atoms. The average Bonchev–Trinajstić information content (AvgIpc) is 2.71. The summed E-state index contributed by atoms with van der Waals surface area (Å²) in [7, 11) is 0. The highest BCUT2D eigenvalue weighted by molar-refractivity contribution is 4.89. The summed E-state index contributed by atoms with van der Waals surface area (Å²) in [5.41, 5.74) is 0.256.